The Morgan fingerprint density at radius 1 is 1.24 bits per heavy atom. The zero-order valence-electron chi connectivity index (χ0n) is 15.2. The standard InChI is InChI=1S/C20H26ClN3O/c1-14-9-11-17(12-10-14)23(3)20(25)18-15(2)22-24(19(18)21)13-16-7-5-4-6-8-16/h4-8,14,17H,9-13H2,1-3H3. The first kappa shape index (κ1) is 18.0. The van der Waals surface area contributed by atoms with Gasteiger partial charge in [-0.05, 0) is 44.1 Å². The van der Waals surface area contributed by atoms with Crippen LogP contribution in [0.15, 0.2) is 30.3 Å². The molecule has 1 aliphatic rings. The van der Waals surface area contributed by atoms with E-state index in [1.54, 1.807) is 4.68 Å². The summed E-state index contributed by atoms with van der Waals surface area (Å²) in [6.07, 6.45) is 4.50. The van der Waals surface area contributed by atoms with Crippen molar-refractivity contribution in [2.24, 2.45) is 5.92 Å². The van der Waals surface area contributed by atoms with Crippen molar-refractivity contribution in [3.05, 3.63) is 52.3 Å². The Morgan fingerprint density at radius 3 is 2.52 bits per heavy atom. The summed E-state index contributed by atoms with van der Waals surface area (Å²) in [5, 5.41) is 4.94. The maximum absolute atomic E-state index is 13.0. The van der Waals surface area contributed by atoms with Crippen molar-refractivity contribution in [1.29, 1.82) is 0 Å². The van der Waals surface area contributed by atoms with E-state index in [2.05, 4.69) is 12.0 Å². The van der Waals surface area contributed by atoms with Gasteiger partial charge in [0.15, 0.2) is 0 Å². The highest BCUT2D eigenvalue weighted by molar-refractivity contribution is 6.33. The average Bonchev–Trinajstić information content (AvgIpc) is 2.89. The van der Waals surface area contributed by atoms with Gasteiger partial charge in [0.2, 0.25) is 0 Å². The molecule has 0 saturated heterocycles. The average molecular weight is 360 g/mol. The molecule has 5 heteroatoms. The molecule has 2 aromatic rings. The molecule has 0 spiro atoms. The fourth-order valence-corrected chi connectivity index (χ4v) is 3.94. The van der Waals surface area contributed by atoms with Crippen LogP contribution in [0.2, 0.25) is 5.15 Å². The van der Waals surface area contributed by atoms with E-state index in [0.717, 1.165) is 24.3 Å². The molecule has 1 aromatic carbocycles. The molecule has 134 valence electrons. The second-order valence-electron chi connectivity index (χ2n) is 7.22. The molecule has 1 aromatic heterocycles. The van der Waals surface area contributed by atoms with E-state index in [1.807, 2.05) is 49.2 Å². The van der Waals surface area contributed by atoms with Gasteiger partial charge >= 0.3 is 0 Å². The molecular weight excluding hydrogens is 334 g/mol. The highest BCUT2D eigenvalue weighted by Gasteiger charge is 2.29. The minimum atomic E-state index is -0.0126. The number of aromatic nitrogens is 2. The molecule has 0 N–H and O–H groups in total. The van der Waals surface area contributed by atoms with E-state index in [9.17, 15) is 4.79 Å². The van der Waals surface area contributed by atoms with E-state index in [1.165, 1.54) is 12.8 Å². The number of halogens is 1. The number of aryl methyl sites for hydroxylation is 1. The van der Waals surface area contributed by atoms with Gasteiger partial charge in [-0.2, -0.15) is 5.10 Å². The first-order valence-corrected chi connectivity index (χ1v) is 9.39. The lowest BCUT2D eigenvalue weighted by atomic mass is 9.86. The molecule has 0 bridgehead atoms. The molecular formula is C20H26ClN3O. The van der Waals surface area contributed by atoms with Gasteiger partial charge < -0.3 is 4.90 Å². The van der Waals surface area contributed by atoms with Gasteiger partial charge in [0.05, 0.1) is 17.8 Å². The van der Waals surface area contributed by atoms with Crippen LogP contribution in [0.1, 0.15) is 54.2 Å². The van der Waals surface area contributed by atoms with Gasteiger partial charge in [-0.1, -0.05) is 48.9 Å². The summed E-state index contributed by atoms with van der Waals surface area (Å²) >= 11 is 6.53. The lowest BCUT2D eigenvalue weighted by Crippen LogP contribution is -2.39. The topological polar surface area (TPSA) is 38.1 Å². The van der Waals surface area contributed by atoms with Gasteiger partial charge in [0.25, 0.3) is 5.91 Å². The van der Waals surface area contributed by atoms with Crippen LogP contribution in [0.25, 0.3) is 0 Å². The molecule has 0 aliphatic heterocycles. The van der Waals surface area contributed by atoms with Gasteiger partial charge in [0, 0.05) is 13.1 Å². The van der Waals surface area contributed by atoms with Crippen molar-refractivity contribution in [3.8, 4) is 0 Å². The van der Waals surface area contributed by atoms with Crippen LogP contribution in [0.5, 0.6) is 0 Å². The number of nitrogens with zero attached hydrogens (tertiary/aromatic N) is 3. The monoisotopic (exact) mass is 359 g/mol. The van der Waals surface area contributed by atoms with Crippen molar-refractivity contribution in [1.82, 2.24) is 14.7 Å². The summed E-state index contributed by atoms with van der Waals surface area (Å²) in [7, 11) is 1.90. The number of hydrogen-bond donors (Lipinski definition) is 0. The summed E-state index contributed by atoms with van der Waals surface area (Å²) in [5.41, 5.74) is 2.35. The highest BCUT2D eigenvalue weighted by atomic mass is 35.5. The SMILES string of the molecule is Cc1nn(Cc2ccccc2)c(Cl)c1C(=O)N(C)C1CCC(C)CC1. The fourth-order valence-electron chi connectivity index (χ4n) is 3.63. The van der Waals surface area contributed by atoms with Gasteiger partial charge in [-0.25, -0.2) is 4.68 Å². The zero-order valence-corrected chi connectivity index (χ0v) is 16.0. The lowest BCUT2D eigenvalue weighted by Gasteiger charge is -2.33. The number of benzene rings is 1. The summed E-state index contributed by atoms with van der Waals surface area (Å²) < 4.78 is 1.72. The molecule has 25 heavy (non-hydrogen) atoms. The largest absolute Gasteiger partial charge is 0.339 e. The van der Waals surface area contributed by atoms with E-state index in [0.29, 0.717) is 29.0 Å². The summed E-state index contributed by atoms with van der Waals surface area (Å²) in [5.74, 6) is 0.750. The zero-order chi connectivity index (χ0) is 18.0. The molecule has 1 amide bonds. The van der Waals surface area contributed by atoms with Gasteiger partial charge in [-0.3, -0.25) is 4.79 Å². The molecule has 1 heterocycles. The number of carbonyl (C=O) groups excluding carboxylic acids is 1. The second kappa shape index (κ2) is 7.61. The Bertz CT molecular complexity index is 733. The molecule has 1 saturated carbocycles. The van der Waals surface area contributed by atoms with Gasteiger partial charge in [0.1, 0.15) is 5.15 Å². The van der Waals surface area contributed by atoms with Crippen LogP contribution >= 0.6 is 11.6 Å². The molecule has 4 nitrogen and oxygen atoms in total. The first-order chi connectivity index (χ1) is 12.0. The third-order valence-corrected chi connectivity index (χ3v) is 5.69. The van der Waals surface area contributed by atoms with E-state index in [-0.39, 0.29) is 5.91 Å². The molecule has 0 unspecified atom stereocenters. The Kier molecular flexibility index (Phi) is 5.48. The smallest absolute Gasteiger partial charge is 0.258 e. The maximum Gasteiger partial charge on any atom is 0.258 e. The Hall–Kier alpha value is -1.81. The third kappa shape index (κ3) is 3.90. The lowest BCUT2D eigenvalue weighted by molar-refractivity contribution is 0.0679. The molecule has 1 fully saturated rings. The van der Waals surface area contributed by atoms with Crippen LogP contribution in [0.4, 0.5) is 0 Å². The van der Waals surface area contributed by atoms with Crippen molar-refractivity contribution in [3.63, 3.8) is 0 Å². The van der Waals surface area contributed by atoms with E-state index < -0.39 is 0 Å². The molecule has 0 atom stereocenters. The number of carbonyl (C=O) groups is 1. The number of rotatable bonds is 4. The normalized spacial score (nSPS) is 20.5. The van der Waals surface area contributed by atoms with Crippen LogP contribution in [0.3, 0.4) is 0 Å². The van der Waals surface area contributed by atoms with Gasteiger partial charge in [-0.15, -0.1) is 0 Å². The Labute approximate surface area is 154 Å². The van der Waals surface area contributed by atoms with Crippen LogP contribution in [-0.2, 0) is 6.54 Å². The molecule has 0 radical (unpaired) electrons. The first-order valence-electron chi connectivity index (χ1n) is 9.01. The maximum atomic E-state index is 13.0. The van der Waals surface area contributed by atoms with Crippen LogP contribution < -0.4 is 0 Å². The van der Waals surface area contributed by atoms with Crippen molar-refractivity contribution in [2.45, 2.75) is 52.1 Å². The predicted octanol–water partition coefficient (Wildman–Crippen LogP) is 4.54. The fraction of sp³-hybridized carbons (Fsp3) is 0.500. The number of hydrogen-bond acceptors (Lipinski definition) is 2. The minimum Gasteiger partial charge on any atom is -0.339 e. The summed E-state index contributed by atoms with van der Waals surface area (Å²) in [6.45, 7) is 4.71. The summed E-state index contributed by atoms with van der Waals surface area (Å²) in [6, 6.07) is 10.3. The van der Waals surface area contributed by atoms with E-state index in [4.69, 9.17) is 11.6 Å². The minimum absolute atomic E-state index is 0.0126. The van der Waals surface area contributed by atoms with E-state index >= 15 is 0 Å². The van der Waals surface area contributed by atoms with Crippen molar-refractivity contribution in [2.75, 3.05) is 7.05 Å². The molecule has 3 rings (SSSR count). The van der Waals surface area contributed by atoms with Crippen molar-refractivity contribution < 1.29 is 4.79 Å². The summed E-state index contributed by atoms with van der Waals surface area (Å²) in [4.78, 5) is 14.9. The highest BCUT2D eigenvalue weighted by Crippen LogP contribution is 2.29. The molecule has 1 aliphatic carbocycles. The predicted molar refractivity (Wildman–Crippen MR) is 101 cm³/mol. The number of amides is 1. The van der Waals surface area contributed by atoms with Crippen molar-refractivity contribution >= 4 is 17.5 Å². The quantitative estimate of drug-likeness (QED) is 0.803. The van der Waals surface area contributed by atoms with Crippen LogP contribution in [-0.4, -0.2) is 33.7 Å². The Morgan fingerprint density at radius 2 is 1.88 bits per heavy atom. The third-order valence-electron chi connectivity index (χ3n) is 5.31. The Balaban J connectivity index is 1.78. The second-order valence-corrected chi connectivity index (χ2v) is 7.58. The van der Waals surface area contributed by atoms with Crippen LogP contribution in [0, 0.1) is 12.8 Å².